The number of hydrogen-bond donors (Lipinski definition) is 2. The number of carbonyl (C=O) groups is 1. The van der Waals surface area contributed by atoms with Gasteiger partial charge in [0.1, 0.15) is 0 Å². The number of rotatable bonds is 6. The van der Waals surface area contributed by atoms with Crippen molar-refractivity contribution in [3.05, 3.63) is 84.6 Å². The third-order valence-electron chi connectivity index (χ3n) is 4.71. The number of alkyl halides is 3. The molecule has 0 amide bonds. The Balaban J connectivity index is 0.000000429. The van der Waals surface area contributed by atoms with Crippen LogP contribution in [0.1, 0.15) is 18.1 Å². The molecular weight excluding hydrogens is 461 g/mol. The molecule has 0 saturated heterocycles. The zero-order valence-corrected chi connectivity index (χ0v) is 18.9. The molecule has 8 nitrogen and oxygen atoms in total. The molecule has 0 aliphatic heterocycles. The summed E-state index contributed by atoms with van der Waals surface area (Å²) in [6.07, 6.45) is 5.00. The molecule has 11 heteroatoms. The summed E-state index contributed by atoms with van der Waals surface area (Å²) in [7, 11) is 0. The first kappa shape index (κ1) is 25.3. The molecule has 0 bridgehead atoms. The molecule has 0 saturated carbocycles. The second-order valence-corrected chi connectivity index (χ2v) is 7.69. The molecular formula is C24H23F3N6O2. The van der Waals surface area contributed by atoms with Crippen LogP contribution in [0.5, 0.6) is 0 Å². The minimum absolute atomic E-state index is 0.202. The summed E-state index contributed by atoms with van der Waals surface area (Å²) in [5.74, 6) is -2.14. The zero-order chi connectivity index (χ0) is 25.4. The van der Waals surface area contributed by atoms with E-state index in [1.54, 1.807) is 6.20 Å². The predicted octanol–water partition coefficient (Wildman–Crippen LogP) is 4.71. The number of aryl methyl sites for hydroxylation is 1. The van der Waals surface area contributed by atoms with Crippen molar-refractivity contribution in [1.82, 2.24) is 24.7 Å². The molecule has 3 heterocycles. The van der Waals surface area contributed by atoms with Gasteiger partial charge in [0.05, 0.1) is 17.6 Å². The number of carboxylic acids is 1. The van der Waals surface area contributed by atoms with Crippen LogP contribution in [0.15, 0.2) is 73.4 Å². The van der Waals surface area contributed by atoms with Crippen LogP contribution >= 0.6 is 0 Å². The van der Waals surface area contributed by atoms with Crippen molar-refractivity contribution in [3.8, 4) is 16.9 Å². The topological polar surface area (TPSA) is 106 Å². The van der Waals surface area contributed by atoms with Crippen LogP contribution in [-0.2, 0) is 11.2 Å². The van der Waals surface area contributed by atoms with Crippen molar-refractivity contribution in [2.75, 3.05) is 5.32 Å². The number of halogens is 3. The van der Waals surface area contributed by atoms with Crippen LogP contribution in [0.4, 0.5) is 19.1 Å². The summed E-state index contributed by atoms with van der Waals surface area (Å²) in [6.45, 7) is 4.19. The molecule has 4 rings (SSSR count). The Morgan fingerprint density at radius 3 is 2.51 bits per heavy atom. The van der Waals surface area contributed by atoms with Crippen LogP contribution in [0.25, 0.3) is 16.9 Å². The summed E-state index contributed by atoms with van der Waals surface area (Å²) in [5.41, 5.74) is 5.25. The fourth-order valence-corrected chi connectivity index (χ4v) is 3.10. The van der Waals surface area contributed by atoms with E-state index in [1.807, 2.05) is 59.8 Å². The molecule has 0 aliphatic rings. The van der Waals surface area contributed by atoms with Crippen molar-refractivity contribution >= 4 is 11.9 Å². The zero-order valence-electron chi connectivity index (χ0n) is 18.9. The lowest BCUT2D eigenvalue weighted by molar-refractivity contribution is -0.192. The molecule has 3 aromatic heterocycles. The van der Waals surface area contributed by atoms with Gasteiger partial charge in [0.2, 0.25) is 5.95 Å². The molecule has 182 valence electrons. The van der Waals surface area contributed by atoms with Gasteiger partial charge in [-0.05, 0) is 61.7 Å². The lowest BCUT2D eigenvalue weighted by Gasteiger charge is -2.14. The average Bonchev–Trinajstić information content (AvgIpc) is 3.30. The number of hydrogen-bond acceptors (Lipinski definition) is 6. The molecule has 0 spiro atoms. The van der Waals surface area contributed by atoms with Gasteiger partial charge in [0.15, 0.2) is 0 Å². The van der Waals surface area contributed by atoms with Gasteiger partial charge in [-0.3, -0.25) is 4.98 Å². The molecule has 0 aliphatic carbocycles. The fourth-order valence-electron chi connectivity index (χ4n) is 3.10. The molecule has 1 unspecified atom stereocenters. The van der Waals surface area contributed by atoms with Crippen molar-refractivity contribution in [3.63, 3.8) is 0 Å². The van der Waals surface area contributed by atoms with Gasteiger partial charge in [-0.2, -0.15) is 18.3 Å². The number of nitrogens with one attached hydrogen (secondary N) is 1. The van der Waals surface area contributed by atoms with Crippen LogP contribution in [0.2, 0.25) is 0 Å². The van der Waals surface area contributed by atoms with E-state index in [1.165, 1.54) is 11.1 Å². The van der Waals surface area contributed by atoms with Gasteiger partial charge in [0, 0.05) is 36.4 Å². The highest BCUT2D eigenvalue weighted by Gasteiger charge is 2.38. The maximum absolute atomic E-state index is 10.6. The second-order valence-electron chi connectivity index (χ2n) is 7.69. The third kappa shape index (κ3) is 7.63. The number of aliphatic carboxylic acids is 1. The van der Waals surface area contributed by atoms with Gasteiger partial charge in [-0.25, -0.2) is 19.4 Å². The van der Waals surface area contributed by atoms with Gasteiger partial charge in [-0.15, -0.1) is 0 Å². The van der Waals surface area contributed by atoms with E-state index in [4.69, 9.17) is 9.90 Å². The van der Waals surface area contributed by atoms with E-state index >= 15 is 0 Å². The highest BCUT2D eigenvalue weighted by atomic mass is 19.4. The van der Waals surface area contributed by atoms with Crippen LogP contribution in [-0.4, -0.2) is 48.0 Å². The molecule has 1 atom stereocenters. The summed E-state index contributed by atoms with van der Waals surface area (Å²) >= 11 is 0. The van der Waals surface area contributed by atoms with E-state index in [9.17, 15) is 13.2 Å². The van der Waals surface area contributed by atoms with Crippen LogP contribution in [0.3, 0.4) is 0 Å². The second kappa shape index (κ2) is 11.2. The van der Waals surface area contributed by atoms with E-state index in [-0.39, 0.29) is 6.04 Å². The lowest BCUT2D eigenvalue weighted by Crippen LogP contribution is -2.21. The summed E-state index contributed by atoms with van der Waals surface area (Å²) in [5, 5.41) is 15.0. The Bertz CT molecular complexity index is 1260. The average molecular weight is 484 g/mol. The minimum Gasteiger partial charge on any atom is -0.475 e. The molecule has 4 aromatic rings. The van der Waals surface area contributed by atoms with Gasteiger partial charge < -0.3 is 10.4 Å². The predicted molar refractivity (Wildman–Crippen MR) is 124 cm³/mol. The van der Waals surface area contributed by atoms with Crippen LogP contribution in [0, 0.1) is 6.92 Å². The normalized spacial score (nSPS) is 11.8. The first-order chi connectivity index (χ1) is 16.6. The van der Waals surface area contributed by atoms with E-state index in [0.29, 0.717) is 5.95 Å². The Hall–Kier alpha value is -4.28. The van der Waals surface area contributed by atoms with Gasteiger partial charge in [0.25, 0.3) is 0 Å². The van der Waals surface area contributed by atoms with E-state index in [2.05, 4.69) is 51.3 Å². The highest BCUT2D eigenvalue weighted by Crippen LogP contribution is 2.20. The SMILES string of the molecule is Cc1cccc(-n2cc(-c3ccnc(NC(C)Cc4ccncc4)n3)cn2)c1.O=C(O)C(F)(F)F. The molecule has 1 aromatic carbocycles. The van der Waals surface area contributed by atoms with Crippen LogP contribution < -0.4 is 5.32 Å². The Morgan fingerprint density at radius 2 is 1.86 bits per heavy atom. The largest absolute Gasteiger partial charge is 0.490 e. The number of nitrogens with zero attached hydrogens (tertiary/aromatic N) is 5. The number of carboxylic acid groups (broad SMARTS) is 1. The van der Waals surface area contributed by atoms with E-state index in [0.717, 1.165) is 23.4 Å². The maximum Gasteiger partial charge on any atom is 0.490 e. The van der Waals surface area contributed by atoms with Crippen molar-refractivity contribution in [1.29, 1.82) is 0 Å². The maximum atomic E-state index is 10.6. The van der Waals surface area contributed by atoms with Gasteiger partial charge >= 0.3 is 12.1 Å². The molecule has 0 fully saturated rings. The Labute approximate surface area is 199 Å². The quantitative estimate of drug-likeness (QED) is 0.408. The first-order valence-corrected chi connectivity index (χ1v) is 10.5. The lowest BCUT2D eigenvalue weighted by atomic mass is 10.1. The summed E-state index contributed by atoms with van der Waals surface area (Å²) < 4.78 is 33.6. The summed E-state index contributed by atoms with van der Waals surface area (Å²) in [6, 6.07) is 14.4. The molecule has 2 N–H and O–H groups in total. The molecule has 0 radical (unpaired) electrons. The monoisotopic (exact) mass is 484 g/mol. The Morgan fingerprint density at radius 1 is 1.14 bits per heavy atom. The number of pyridine rings is 1. The summed E-state index contributed by atoms with van der Waals surface area (Å²) in [4.78, 5) is 22.0. The third-order valence-corrected chi connectivity index (χ3v) is 4.71. The molecule has 35 heavy (non-hydrogen) atoms. The minimum atomic E-state index is -5.08. The van der Waals surface area contributed by atoms with Crippen molar-refractivity contribution < 1.29 is 23.1 Å². The number of aromatic nitrogens is 5. The van der Waals surface area contributed by atoms with E-state index < -0.39 is 12.1 Å². The Kier molecular flexibility index (Phi) is 8.13. The highest BCUT2D eigenvalue weighted by molar-refractivity contribution is 5.73. The van der Waals surface area contributed by atoms with Gasteiger partial charge in [-0.1, -0.05) is 12.1 Å². The fraction of sp³-hybridized carbons (Fsp3) is 0.208. The van der Waals surface area contributed by atoms with Crippen molar-refractivity contribution in [2.45, 2.75) is 32.5 Å². The first-order valence-electron chi connectivity index (χ1n) is 10.5. The standard InChI is InChI=1S/C22H22N6.C2HF3O2/c1-16-4-3-5-20(12-16)28-15-19(14-25-28)21-8-11-24-22(27-21)26-17(2)13-18-6-9-23-10-7-18;3-2(4,5)1(6)7/h3-12,14-15,17H,13H2,1-2H3,(H,24,26,27);(H,6,7). The number of anilines is 1. The number of benzene rings is 1. The van der Waals surface area contributed by atoms with Crippen molar-refractivity contribution in [2.24, 2.45) is 0 Å². The smallest absolute Gasteiger partial charge is 0.475 e.